The fourth-order valence-electron chi connectivity index (χ4n) is 2.85. The fourth-order valence-corrected chi connectivity index (χ4v) is 2.85. The first kappa shape index (κ1) is 15.4. The summed E-state index contributed by atoms with van der Waals surface area (Å²) in [5.74, 6) is -0.948. The molecule has 2 N–H and O–H groups in total. The standard InChI is InChI=1S/C14H18FN3O3/c1-9-3-2-6-17(13(9)8-16)14(19)11-5-4-10(15)7-12(11)18(20)21/h4-5,7,9,13H,2-3,6,8,16H2,1H3. The maximum Gasteiger partial charge on any atom is 0.285 e. The number of nitro groups is 1. The monoisotopic (exact) mass is 295 g/mol. The van der Waals surface area contributed by atoms with Crippen LogP contribution >= 0.6 is 0 Å². The predicted octanol–water partition coefficient (Wildman–Crippen LogP) is 1.93. The molecule has 2 rings (SSSR count). The molecule has 2 unspecified atom stereocenters. The van der Waals surface area contributed by atoms with Crippen molar-refractivity contribution in [2.45, 2.75) is 25.8 Å². The Labute approximate surface area is 121 Å². The van der Waals surface area contributed by atoms with Gasteiger partial charge in [-0.25, -0.2) is 4.39 Å². The fraction of sp³-hybridized carbons (Fsp3) is 0.500. The molecular formula is C14H18FN3O3. The zero-order valence-corrected chi connectivity index (χ0v) is 11.8. The number of nitro benzene ring substituents is 1. The van der Waals surface area contributed by atoms with E-state index in [0.717, 1.165) is 25.0 Å². The highest BCUT2D eigenvalue weighted by atomic mass is 19.1. The quantitative estimate of drug-likeness (QED) is 0.681. The van der Waals surface area contributed by atoms with E-state index in [0.29, 0.717) is 13.1 Å². The first-order valence-electron chi connectivity index (χ1n) is 6.90. The zero-order chi connectivity index (χ0) is 15.6. The lowest BCUT2D eigenvalue weighted by molar-refractivity contribution is -0.385. The third kappa shape index (κ3) is 3.02. The summed E-state index contributed by atoms with van der Waals surface area (Å²) in [4.78, 5) is 24.5. The second-order valence-corrected chi connectivity index (χ2v) is 5.34. The Morgan fingerprint density at radius 3 is 2.90 bits per heavy atom. The van der Waals surface area contributed by atoms with Gasteiger partial charge in [0.2, 0.25) is 0 Å². The van der Waals surface area contributed by atoms with Crippen molar-refractivity contribution in [3.8, 4) is 0 Å². The van der Waals surface area contributed by atoms with Gasteiger partial charge >= 0.3 is 0 Å². The number of hydrogen-bond donors (Lipinski definition) is 1. The lowest BCUT2D eigenvalue weighted by atomic mass is 9.90. The maximum atomic E-state index is 13.2. The van der Waals surface area contributed by atoms with Gasteiger partial charge in [0.15, 0.2) is 0 Å². The van der Waals surface area contributed by atoms with Crippen LogP contribution < -0.4 is 5.73 Å². The third-order valence-electron chi connectivity index (χ3n) is 4.00. The molecule has 1 aliphatic rings. The Hall–Kier alpha value is -2.02. The summed E-state index contributed by atoms with van der Waals surface area (Å²) in [6.45, 7) is 2.83. The molecule has 114 valence electrons. The number of nitrogens with two attached hydrogens (primary N) is 1. The Kier molecular flexibility index (Phi) is 4.52. The van der Waals surface area contributed by atoms with Gasteiger partial charge in [0.25, 0.3) is 11.6 Å². The van der Waals surface area contributed by atoms with E-state index in [-0.39, 0.29) is 17.5 Å². The summed E-state index contributed by atoms with van der Waals surface area (Å²) in [5, 5.41) is 11.0. The summed E-state index contributed by atoms with van der Waals surface area (Å²) in [6.07, 6.45) is 1.80. The van der Waals surface area contributed by atoms with Crippen molar-refractivity contribution in [1.29, 1.82) is 0 Å². The molecule has 1 heterocycles. The van der Waals surface area contributed by atoms with Gasteiger partial charge in [-0.15, -0.1) is 0 Å². The molecule has 1 aliphatic heterocycles. The molecular weight excluding hydrogens is 277 g/mol. The molecule has 0 aliphatic carbocycles. The van der Waals surface area contributed by atoms with Gasteiger partial charge in [-0.05, 0) is 30.9 Å². The second-order valence-electron chi connectivity index (χ2n) is 5.34. The molecule has 0 radical (unpaired) electrons. The SMILES string of the molecule is CC1CCCN(C(=O)c2ccc(F)cc2[N+](=O)[O-])C1CN. The van der Waals surface area contributed by atoms with E-state index >= 15 is 0 Å². The first-order chi connectivity index (χ1) is 9.95. The van der Waals surface area contributed by atoms with Gasteiger partial charge < -0.3 is 10.6 Å². The van der Waals surface area contributed by atoms with Gasteiger partial charge in [0, 0.05) is 19.1 Å². The van der Waals surface area contributed by atoms with Crippen LogP contribution in [0.25, 0.3) is 0 Å². The predicted molar refractivity (Wildman–Crippen MR) is 75.3 cm³/mol. The highest BCUT2D eigenvalue weighted by Gasteiger charge is 2.34. The average Bonchev–Trinajstić information content (AvgIpc) is 2.46. The molecule has 7 heteroatoms. The molecule has 6 nitrogen and oxygen atoms in total. The van der Waals surface area contributed by atoms with Crippen LogP contribution in [0.15, 0.2) is 18.2 Å². The van der Waals surface area contributed by atoms with E-state index in [1.54, 1.807) is 4.90 Å². The molecule has 0 aromatic heterocycles. The molecule has 0 spiro atoms. The van der Waals surface area contributed by atoms with Crippen molar-refractivity contribution in [2.24, 2.45) is 11.7 Å². The van der Waals surface area contributed by atoms with Crippen molar-refractivity contribution >= 4 is 11.6 Å². The lowest BCUT2D eigenvalue weighted by Crippen LogP contribution is -2.51. The van der Waals surface area contributed by atoms with Gasteiger partial charge in [0.1, 0.15) is 11.4 Å². The van der Waals surface area contributed by atoms with Crippen molar-refractivity contribution in [1.82, 2.24) is 4.90 Å². The number of halogens is 1. The Balaban J connectivity index is 2.37. The van der Waals surface area contributed by atoms with Crippen LogP contribution in [0.1, 0.15) is 30.1 Å². The van der Waals surface area contributed by atoms with Crippen LogP contribution in [0.3, 0.4) is 0 Å². The Morgan fingerprint density at radius 2 is 2.29 bits per heavy atom. The summed E-state index contributed by atoms with van der Waals surface area (Å²) in [6, 6.07) is 2.86. The smallest absolute Gasteiger partial charge is 0.285 e. The topological polar surface area (TPSA) is 89.5 Å². The molecule has 1 saturated heterocycles. The zero-order valence-electron chi connectivity index (χ0n) is 11.8. The number of carbonyl (C=O) groups excluding carboxylic acids is 1. The Morgan fingerprint density at radius 1 is 1.57 bits per heavy atom. The van der Waals surface area contributed by atoms with Gasteiger partial charge in [-0.3, -0.25) is 14.9 Å². The van der Waals surface area contributed by atoms with E-state index in [2.05, 4.69) is 0 Å². The van der Waals surface area contributed by atoms with Crippen molar-refractivity contribution < 1.29 is 14.1 Å². The van der Waals surface area contributed by atoms with Crippen LogP contribution in [0.2, 0.25) is 0 Å². The van der Waals surface area contributed by atoms with Crippen LogP contribution in [-0.4, -0.2) is 34.9 Å². The molecule has 0 bridgehead atoms. The summed E-state index contributed by atoms with van der Waals surface area (Å²) in [5.41, 5.74) is 5.14. The number of nitrogens with zero attached hydrogens (tertiary/aromatic N) is 2. The summed E-state index contributed by atoms with van der Waals surface area (Å²) in [7, 11) is 0. The van der Waals surface area contributed by atoms with Crippen LogP contribution in [0, 0.1) is 21.8 Å². The van der Waals surface area contributed by atoms with E-state index in [1.807, 2.05) is 6.92 Å². The first-order valence-corrected chi connectivity index (χ1v) is 6.90. The molecule has 2 atom stereocenters. The number of piperidine rings is 1. The number of amides is 1. The molecule has 1 amide bonds. The van der Waals surface area contributed by atoms with E-state index in [4.69, 9.17) is 5.73 Å². The summed E-state index contributed by atoms with van der Waals surface area (Å²) >= 11 is 0. The molecule has 21 heavy (non-hydrogen) atoms. The number of likely N-dealkylation sites (tertiary alicyclic amines) is 1. The third-order valence-corrected chi connectivity index (χ3v) is 4.00. The van der Waals surface area contributed by atoms with Gasteiger partial charge in [-0.1, -0.05) is 6.92 Å². The van der Waals surface area contributed by atoms with Crippen molar-refractivity contribution in [2.75, 3.05) is 13.1 Å². The molecule has 0 saturated carbocycles. The minimum atomic E-state index is -0.736. The average molecular weight is 295 g/mol. The molecule has 1 aromatic carbocycles. The minimum absolute atomic E-state index is 0.0889. The lowest BCUT2D eigenvalue weighted by Gasteiger charge is -2.39. The van der Waals surface area contributed by atoms with Crippen LogP contribution in [0.5, 0.6) is 0 Å². The number of carbonyl (C=O) groups is 1. The number of rotatable bonds is 3. The Bertz CT molecular complexity index is 564. The van der Waals surface area contributed by atoms with E-state index in [1.165, 1.54) is 6.07 Å². The van der Waals surface area contributed by atoms with Gasteiger partial charge in [0.05, 0.1) is 11.0 Å². The van der Waals surface area contributed by atoms with Crippen LogP contribution in [-0.2, 0) is 0 Å². The maximum absolute atomic E-state index is 13.2. The molecule has 1 fully saturated rings. The van der Waals surface area contributed by atoms with Crippen molar-refractivity contribution in [3.63, 3.8) is 0 Å². The summed E-state index contributed by atoms with van der Waals surface area (Å²) < 4.78 is 13.2. The van der Waals surface area contributed by atoms with Crippen LogP contribution in [0.4, 0.5) is 10.1 Å². The van der Waals surface area contributed by atoms with Crippen molar-refractivity contribution in [3.05, 3.63) is 39.7 Å². The minimum Gasteiger partial charge on any atom is -0.334 e. The van der Waals surface area contributed by atoms with E-state index < -0.39 is 22.3 Å². The molecule has 1 aromatic rings. The van der Waals surface area contributed by atoms with Gasteiger partial charge in [-0.2, -0.15) is 0 Å². The number of benzene rings is 1. The largest absolute Gasteiger partial charge is 0.334 e. The normalized spacial score (nSPS) is 22.1. The number of hydrogen-bond acceptors (Lipinski definition) is 4. The highest BCUT2D eigenvalue weighted by molar-refractivity contribution is 5.98. The second kappa shape index (κ2) is 6.17. The van der Waals surface area contributed by atoms with E-state index in [9.17, 15) is 19.3 Å². The highest BCUT2D eigenvalue weighted by Crippen LogP contribution is 2.27.